The summed E-state index contributed by atoms with van der Waals surface area (Å²) in [6, 6.07) is 2.74. The molecule has 0 spiro atoms. The quantitative estimate of drug-likeness (QED) is 0.592. The molecule has 1 rings (SSSR count). The number of nitrogens with zero attached hydrogens (tertiary/aromatic N) is 2. The number of aromatic nitrogens is 1. The van der Waals surface area contributed by atoms with Gasteiger partial charge in [0.25, 0.3) is 5.91 Å². The topological polar surface area (TPSA) is 87.6 Å². The predicted octanol–water partition coefficient (Wildman–Crippen LogP) is 0.498. The summed E-state index contributed by atoms with van der Waals surface area (Å²) < 4.78 is 0. The van der Waals surface area contributed by atoms with E-state index in [0.717, 1.165) is 11.0 Å². The zero-order chi connectivity index (χ0) is 12.8. The number of carbonyl (C=O) groups excluding carboxylic acids is 2. The third-order valence-electron chi connectivity index (χ3n) is 1.97. The first-order valence-corrected chi connectivity index (χ1v) is 4.67. The van der Waals surface area contributed by atoms with Crippen LogP contribution in [-0.4, -0.2) is 34.8 Å². The fraction of sp³-hybridized carbons (Fsp3) is 0.0909. The van der Waals surface area contributed by atoms with Crippen LogP contribution in [0.3, 0.4) is 0 Å². The van der Waals surface area contributed by atoms with Crippen LogP contribution in [0.1, 0.15) is 10.4 Å². The van der Waals surface area contributed by atoms with Gasteiger partial charge < -0.3 is 9.90 Å². The van der Waals surface area contributed by atoms with E-state index in [9.17, 15) is 14.4 Å². The lowest BCUT2D eigenvalue weighted by molar-refractivity contribution is -0.116. The van der Waals surface area contributed by atoms with Gasteiger partial charge in [0.1, 0.15) is 17.7 Å². The molecule has 0 aliphatic carbocycles. The van der Waals surface area contributed by atoms with Crippen LogP contribution in [0.25, 0.3) is 0 Å². The van der Waals surface area contributed by atoms with Crippen LogP contribution >= 0.6 is 0 Å². The SMILES string of the molecule is C=CC(=O)N(CC=O)c1ncccc1C(=O)O. The number of carboxylic acid groups (broad SMARTS) is 1. The molecule has 1 N–H and O–H groups in total. The van der Waals surface area contributed by atoms with Gasteiger partial charge in [0, 0.05) is 6.20 Å². The van der Waals surface area contributed by atoms with Crippen molar-refractivity contribution in [1.29, 1.82) is 0 Å². The predicted molar refractivity (Wildman–Crippen MR) is 59.8 cm³/mol. The summed E-state index contributed by atoms with van der Waals surface area (Å²) >= 11 is 0. The molecule has 1 amide bonds. The number of pyridine rings is 1. The molecule has 0 aliphatic heterocycles. The van der Waals surface area contributed by atoms with E-state index < -0.39 is 11.9 Å². The maximum absolute atomic E-state index is 11.5. The van der Waals surface area contributed by atoms with Gasteiger partial charge in [0.05, 0.1) is 6.54 Å². The molecule has 17 heavy (non-hydrogen) atoms. The lowest BCUT2D eigenvalue weighted by atomic mass is 10.2. The zero-order valence-corrected chi connectivity index (χ0v) is 8.87. The molecule has 88 valence electrons. The minimum Gasteiger partial charge on any atom is -0.478 e. The van der Waals surface area contributed by atoms with Crippen LogP contribution in [0.4, 0.5) is 5.82 Å². The number of aromatic carboxylic acids is 1. The van der Waals surface area contributed by atoms with Gasteiger partial charge in [-0.2, -0.15) is 0 Å². The summed E-state index contributed by atoms with van der Waals surface area (Å²) in [5, 5.41) is 8.95. The van der Waals surface area contributed by atoms with Crippen molar-refractivity contribution in [3.8, 4) is 0 Å². The number of hydrogen-bond donors (Lipinski definition) is 1. The Kier molecular flexibility index (Phi) is 4.10. The summed E-state index contributed by atoms with van der Waals surface area (Å²) in [5.41, 5.74) is -0.149. The Morgan fingerprint density at radius 1 is 1.53 bits per heavy atom. The fourth-order valence-electron chi connectivity index (χ4n) is 1.24. The van der Waals surface area contributed by atoms with Gasteiger partial charge in [-0.3, -0.25) is 9.69 Å². The number of amides is 1. The number of anilines is 1. The summed E-state index contributed by atoms with van der Waals surface area (Å²) in [7, 11) is 0. The number of aldehydes is 1. The van der Waals surface area contributed by atoms with Crippen molar-refractivity contribution >= 4 is 24.0 Å². The highest BCUT2D eigenvalue weighted by atomic mass is 16.4. The first kappa shape index (κ1) is 12.6. The van der Waals surface area contributed by atoms with Crippen LogP contribution in [0, 0.1) is 0 Å². The summed E-state index contributed by atoms with van der Waals surface area (Å²) in [6.45, 7) is 3.01. The van der Waals surface area contributed by atoms with Crippen molar-refractivity contribution < 1.29 is 19.5 Å². The number of carboxylic acids is 1. The van der Waals surface area contributed by atoms with Crippen molar-refractivity contribution in [2.75, 3.05) is 11.4 Å². The molecular formula is C11H10N2O4. The lowest BCUT2D eigenvalue weighted by Crippen LogP contribution is -2.33. The van der Waals surface area contributed by atoms with Crippen LogP contribution < -0.4 is 4.90 Å². The molecule has 0 bridgehead atoms. The van der Waals surface area contributed by atoms with E-state index in [2.05, 4.69) is 11.6 Å². The lowest BCUT2D eigenvalue weighted by Gasteiger charge is -2.18. The smallest absolute Gasteiger partial charge is 0.339 e. The molecule has 6 nitrogen and oxygen atoms in total. The molecule has 0 unspecified atom stereocenters. The summed E-state index contributed by atoms with van der Waals surface area (Å²) in [5.74, 6) is -1.88. The molecule has 1 aromatic heterocycles. The molecule has 6 heteroatoms. The van der Waals surface area contributed by atoms with Crippen LogP contribution in [0.5, 0.6) is 0 Å². The minimum absolute atomic E-state index is 0.0722. The van der Waals surface area contributed by atoms with E-state index in [1.54, 1.807) is 0 Å². The van der Waals surface area contributed by atoms with Gasteiger partial charge in [-0.25, -0.2) is 9.78 Å². The molecule has 0 saturated heterocycles. The Labute approximate surface area is 97.2 Å². The van der Waals surface area contributed by atoms with Crippen molar-refractivity contribution in [3.63, 3.8) is 0 Å². The Balaban J connectivity index is 3.26. The van der Waals surface area contributed by atoms with Gasteiger partial charge in [0.15, 0.2) is 0 Å². The minimum atomic E-state index is -1.22. The Morgan fingerprint density at radius 3 is 2.76 bits per heavy atom. The third-order valence-corrected chi connectivity index (χ3v) is 1.97. The van der Waals surface area contributed by atoms with Crippen LogP contribution in [0.2, 0.25) is 0 Å². The first-order valence-electron chi connectivity index (χ1n) is 4.67. The van der Waals surface area contributed by atoms with Gasteiger partial charge in [-0.1, -0.05) is 6.58 Å². The molecule has 0 saturated carbocycles. The van der Waals surface area contributed by atoms with Crippen molar-refractivity contribution in [1.82, 2.24) is 4.98 Å². The number of rotatable bonds is 5. The molecule has 0 radical (unpaired) electrons. The summed E-state index contributed by atoms with van der Waals surface area (Å²) in [4.78, 5) is 37.7. The van der Waals surface area contributed by atoms with E-state index in [1.807, 2.05) is 0 Å². The Bertz CT molecular complexity index is 470. The zero-order valence-electron chi connectivity index (χ0n) is 8.87. The van der Waals surface area contributed by atoms with E-state index in [4.69, 9.17) is 5.11 Å². The highest BCUT2D eigenvalue weighted by molar-refractivity contribution is 6.06. The van der Waals surface area contributed by atoms with Crippen LogP contribution in [0.15, 0.2) is 31.0 Å². The number of hydrogen-bond acceptors (Lipinski definition) is 4. The second-order valence-corrected chi connectivity index (χ2v) is 3.00. The molecule has 0 aromatic carbocycles. The second-order valence-electron chi connectivity index (χ2n) is 3.00. The molecule has 0 fully saturated rings. The fourth-order valence-corrected chi connectivity index (χ4v) is 1.24. The second kappa shape index (κ2) is 5.55. The molecule has 1 heterocycles. The molecule has 0 atom stereocenters. The Morgan fingerprint density at radius 2 is 2.24 bits per heavy atom. The van der Waals surface area contributed by atoms with Gasteiger partial charge in [-0.15, -0.1) is 0 Å². The summed E-state index contributed by atoms with van der Waals surface area (Å²) in [6.07, 6.45) is 2.82. The van der Waals surface area contributed by atoms with Crippen molar-refractivity contribution in [2.45, 2.75) is 0 Å². The highest BCUT2D eigenvalue weighted by Crippen LogP contribution is 2.17. The standard InChI is InChI=1S/C11H10N2O4/c1-2-9(15)13(6-7-14)10-8(11(16)17)4-3-5-12-10/h2-5,7H,1,6H2,(H,16,17). The van der Waals surface area contributed by atoms with Crippen molar-refractivity contribution in [2.24, 2.45) is 0 Å². The van der Waals surface area contributed by atoms with E-state index in [0.29, 0.717) is 6.29 Å². The third kappa shape index (κ3) is 2.75. The normalized spacial score (nSPS) is 9.41. The van der Waals surface area contributed by atoms with Crippen molar-refractivity contribution in [3.05, 3.63) is 36.5 Å². The van der Waals surface area contributed by atoms with E-state index >= 15 is 0 Å². The Hall–Kier alpha value is -2.50. The molecule has 1 aromatic rings. The largest absolute Gasteiger partial charge is 0.478 e. The highest BCUT2D eigenvalue weighted by Gasteiger charge is 2.20. The van der Waals surface area contributed by atoms with Crippen LogP contribution in [-0.2, 0) is 9.59 Å². The number of carbonyl (C=O) groups is 3. The average molecular weight is 234 g/mol. The first-order chi connectivity index (χ1) is 8.11. The molecule has 0 aliphatic rings. The van der Waals surface area contributed by atoms with Gasteiger partial charge in [0.2, 0.25) is 0 Å². The average Bonchev–Trinajstić information content (AvgIpc) is 2.35. The maximum atomic E-state index is 11.5. The van der Waals surface area contributed by atoms with E-state index in [1.165, 1.54) is 18.3 Å². The van der Waals surface area contributed by atoms with Gasteiger partial charge in [-0.05, 0) is 18.2 Å². The van der Waals surface area contributed by atoms with E-state index in [-0.39, 0.29) is 17.9 Å². The molecular weight excluding hydrogens is 224 g/mol. The maximum Gasteiger partial charge on any atom is 0.339 e. The monoisotopic (exact) mass is 234 g/mol. The van der Waals surface area contributed by atoms with Gasteiger partial charge >= 0.3 is 5.97 Å².